The van der Waals surface area contributed by atoms with E-state index in [-0.39, 0.29) is 17.2 Å². The molecular weight excluding hydrogens is 448 g/mol. The predicted octanol–water partition coefficient (Wildman–Crippen LogP) is 4.26. The van der Waals surface area contributed by atoms with Crippen LogP contribution < -0.4 is 5.32 Å². The van der Waals surface area contributed by atoms with Crippen LogP contribution in [0.5, 0.6) is 5.75 Å². The number of aryl methyl sites for hydroxylation is 1. The predicted molar refractivity (Wildman–Crippen MR) is 133 cm³/mol. The molecule has 0 atom stereocenters. The summed E-state index contributed by atoms with van der Waals surface area (Å²) in [6.07, 6.45) is 5.72. The van der Waals surface area contributed by atoms with E-state index in [0.717, 1.165) is 50.4 Å². The zero-order valence-electron chi connectivity index (χ0n) is 19.3. The van der Waals surface area contributed by atoms with E-state index >= 15 is 0 Å². The Kier molecular flexibility index (Phi) is 6.35. The highest BCUT2D eigenvalue weighted by Crippen LogP contribution is 2.39. The second-order valence-corrected chi connectivity index (χ2v) is 8.53. The number of rotatable bonds is 7. The van der Waals surface area contributed by atoms with E-state index < -0.39 is 11.7 Å². The quantitative estimate of drug-likeness (QED) is 0.465. The summed E-state index contributed by atoms with van der Waals surface area (Å²) in [6, 6.07) is 9.63. The molecule has 2 aliphatic rings. The number of aromatic carboxylic acids is 1. The fourth-order valence-corrected chi connectivity index (χ4v) is 4.26. The number of aromatic nitrogens is 1. The second kappa shape index (κ2) is 9.73. The van der Waals surface area contributed by atoms with E-state index in [1.165, 1.54) is 5.56 Å². The fraction of sp³-hybridized carbons (Fsp3) is 0.269. The molecule has 3 aromatic rings. The Morgan fingerprint density at radius 3 is 2.86 bits per heavy atom. The first-order valence-electron chi connectivity index (χ1n) is 11.5. The third-order valence-corrected chi connectivity index (χ3v) is 6.19. The average Bonchev–Trinajstić information content (AvgIpc) is 3.40. The summed E-state index contributed by atoms with van der Waals surface area (Å²) in [5.74, 6) is -1.18. The maximum absolute atomic E-state index is 11.9. The number of anilines is 2. The summed E-state index contributed by atoms with van der Waals surface area (Å²) in [5.41, 5.74) is 3.96. The number of furan rings is 1. The molecule has 4 heterocycles. The zero-order chi connectivity index (χ0) is 24.4. The van der Waals surface area contributed by atoms with Gasteiger partial charge in [-0.3, -0.25) is 4.90 Å². The minimum atomic E-state index is -1.29. The van der Waals surface area contributed by atoms with Crippen LogP contribution in [0.15, 0.2) is 45.9 Å². The Morgan fingerprint density at radius 1 is 1.26 bits per heavy atom. The number of carboxylic acids is 1. The molecule has 2 aromatic heterocycles. The average molecular weight is 475 g/mol. The number of benzene rings is 1. The maximum Gasteiger partial charge on any atom is 0.345 e. The van der Waals surface area contributed by atoms with Gasteiger partial charge in [-0.25, -0.2) is 14.8 Å². The van der Waals surface area contributed by atoms with Crippen LogP contribution in [0.3, 0.4) is 0 Å². The standard InChI is InChI=1S/C26H26N4O5/c1-16-13-17(6-8-30-9-11-34-12-10-30)4-5-20(16)29-25-22(26(32)33)23(31)21(35-25)14-18-15-28-24-19(18)3-2-7-27-24/h2-5,7,13-15,29,31H,6,8-12H2,1H3,(H,32,33). The van der Waals surface area contributed by atoms with Crippen molar-refractivity contribution in [1.29, 1.82) is 0 Å². The van der Waals surface area contributed by atoms with Crippen LogP contribution in [-0.2, 0) is 11.2 Å². The zero-order valence-corrected chi connectivity index (χ0v) is 19.3. The molecule has 180 valence electrons. The lowest BCUT2D eigenvalue weighted by molar-refractivity contribution is 0.0384. The topological polar surface area (TPSA) is 120 Å². The van der Waals surface area contributed by atoms with Crippen LogP contribution in [0.25, 0.3) is 11.6 Å². The van der Waals surface area contributed by atoms with E-state index in [1.54, 1.807) is 24.6 Å². The summed E-state index contributed by atoms with van der Waals surface area (Å²) < 4.78 is 11.2. The number of nitrogens with zero attached hydrogens (tertiary/aromatic N) is 3. The van der Waals surface area contributed by atoms with Crippen molar-refractivity contribution < 1.29 is 24.2 Å². The molecule has 35 heavy (non-hydrogen) atoms. The van der Waals surface area contributed by atoms with Gasteiger partial charge in [0.2, 0.25) is 5.88 Å². The van der Waals surface area contributed by atoms with Gasteiger partial charge in [0.1, 0.15) is 0 Å². The van der Waals surface area contributed by atoms with E-state index in [0.29, 0.717) is 17.1 Å². The number of allylic oxidation sites excluding steroid dienone is 1. The third kappa shape index (κ3) is 4.82. The van der Waals surface area contributed by atoms with Gasteiger partial charge in [0.05, 0.1) is 13.2 Å². The molecular formula is C26H26N4O5. The van der Waals surface area contributed by atoms with Crippen molar-refractivity contribution in [1.82, 2.24) is 9.88 Å². The minimum Gasteiger partial charge on any atom is -0.504 e. The summed E-state index contributed by atoms with van der Waals surface area (Å²) in [7, 11) is 0. The summed E-state index contributed by atoms with van der Waals surface area (Å²) in [5, 5.41) is 23.4. The van der Waals surface area contributed by atoms with Crippen LogP contribution in [-0.4, -0.2) is 65.1 Å². The first kappa shape index (κ1) is 22.8. The van der Waals surface area contributed by atoms with E-state index in [4.69, 9.17) is 9.15 Å². The maximum atomic E-state index is 11.9. The van der Waals surface area contributed by atoms with Gasteiger partial charge in [-0.2, -0.15) is 0 Å². The highest BCUT2D eigenvalue weighted by Gasteiger charge is 2.26. The highest BCUT2D eigenvalue weighted by atomic mass is 16.5. The lowest BCUT2D eigenvalue weighted by Crippen LogP contribution is -2.37. The molecule has 0 radical (unpaired) electrons. The molecule has 0 aliphatic carbocycles. The van der Waals surface area contributed by atoms with E-state index in [1.807, 2.05) is 25.1 Å². The summed E-state index contributed by atoms with van der Waals surface area (Å²) in [4.78, 5) is 22.7. The Morgan fingerprint density at radius 2 is 2.09 bits per heavy atom. The normalized spacial score (nSPS) is 16.5. The van der Waals surface area contributed by atoms with Crippen molar-refractivity contribution >= 4 is 41.2 Å². The Hall–Kier alpha value is -3.95. The molecule has 1 fully saturated rings. The van der Waals surface area contributed by atoms with Crippen molar-refractivity contribution in [2.24, 2.45) is 4.99 Å². The van der Waals surface area contributed by atoms with Crippen LogP contribution in [0.1, 0.15) is 32.8 Å². The Labute approximate surface area is 202 Å². The molecule has 5 rings (SSSR count). The lowest BCUT2D eigenvalue weighted by atomic mass is 10.1. The number of morpholine rings is 1. The van der Waals surface area contributed by atoms with Crippen molar-refractivity contribution in [3.05, 3.63) is 64.5 Å². The smallest absolute Gasteiger partial charge is 0.345 e. The first-order chi connectivity index (χ1) is 17.0. The number of aromatic hydroxyl groups is 1. The molecule has 0 unspecified atom stereocenters. The molecule has 9 heteroatoms. The van der Waals surface area contributed by atoms with Crippen LogP contribution in [0, 0.1) is 6.92 Å². The van der Waals surface area contributed by atoms with Crippen molar-refractivity contribution in [2.45, 2.75) is 13.3 Å². The molecule has 2 aliphatic heterocycles. The number of pyridine rings is 1. The van der Waals surface area contributed by atoms with Crippen LogP contribution in [0.2, 0.25) is 0 Å². The lowest BCUT2D eigenvalue weighted by Gasteiger charge is -2.26. The van der Waals surface area contributed by atoms with E-state index in [2.05, 4.69) is 26.3 Å². The largest absolute Gasteiger partial charge is 0.504 e. The molecule has 0 saturated carbocycles. The fourth-order valence-electron chi connectivity index (χ4n) is 4.26. The number of hydrogen-bond donors (Lipinski definition) is 3. The molecule has 0 spiro atoms. The van der Waals surface area contributed by atoms with Gasteiger partial charge in [-0.1, -0.05) is 12.1 Å². The van der Waals surface area contributed by atoms with Crippen LogP contribution >= 0.6 is 0 Å². The summed E-state index contributed by atoms with van der Waals surface area (Å²) >= 11 is 0. The SMILES string of the molecule is Cc1cc(CCN2CCOCC2)ccc1Nc1oc(C=C2C=Nc3ncccc32)c(O)c1C(=O)O. The number of fused-ring (bicyclic) bond motifs is 1. The van der Waals surface area contributed by atoms with Gasteiger partial charge in [-0.15, -0.1) is 0 Å². The third-order valence-electron chi connectivity index (χ3n) is 6.19. The number of nitrogens with one attached hydrogen (secondary N) is 1. The molecule has 3 N–H and O–H groups in total. The van der Waals surface area contributed by atoms with Crippen molar-refractivity contribution in [3.63, 3.8) is 0 Å². The van der Waals surface area contributed by atoms with Gasteiger partial charge in [-0.05, 0) is 48.7 Å². The van der Waals surface area contributed by atoms with Crippen LogP contribution in [0.4, 0.5) is 17.4 Å². The number of hydrogen-bond acceptors (Lipinski definition) is 8. The molecule has 1 aromatic carbocycles. The second-order valence-electron chi connectivity index (χ2n) is 8.53. The number of carbonyl (C=O) groups is 1. The molecule has 1 saturated heterocycles. The Bertz CT molecular complexity index is 1320. The summed E-state index contributed by atoms with van der Waals surface area (Å²) in [6.45, 7) is 6.36. The molecule has 0 bridgehead atoms. The molecule has 9 nitrogen and oxygen atoms in total. The van der Waals surface area contributed by atoms with Gasteiger partial charge in [0.25, 0.3) is 0 Å². The van der Waals surface area contributed by atoms with Gasteiger partial charge in [0, 0.05) is 48.9 Å². The number of carboxylic acid groups (broad SMARTS) is 1. The van der Waals surface area contributed by atoms with Crippen molar-refractivity contribution in [3.8, 4) is 5.75 Å². The van der Waals surface area contributed by atoms with Gasteiger partial charge < -0.3 is 24.7 Å². The highest BCUT2D eigenvalue weighted by molar-refractivity contribution is 6.21. The van der Waals surface area contributed by atoms with Gasteiger partial charge in [0.15, 0.2) is 22.9 Å². The Balaban J connectivity index is 1.37. The molecule has 0 amide bonds. The first-order valence-corrected chi connectivity index (χ1v) is 11.5. The number of aliphatic imine (C=N–C) groups is 1. The minimum absolute atomic E-state index is 0.0304. The monoisotopic (exact) mass is 474 g/mol. The van der Waals surface area contributed by atoms with Crippen molar-refractivity contribution in [2.75, 3.05) is 38.2 Å². The number of ether oxygens (including phenoxy) is 1. The van der Waals surface area contributed by atoms with E-state index in [9.17, 15) is 15.0 Å². The van der Waals surface area contributed by atoms with Gasteiger partial charge >= 0.3 is 5.97 Å².